The number of benzene rings is 1. The Hall–Kier alpha value is -3.67. The second kappa shape index (κ2) is 8.83. The lowest BCUT2D eigenvalue weighted by Crippen LogP contribution is -2.48. The van der Waals surface area contributed by atoms with Crippen molar-refractivity contribution in [2.75, 3.05) is 37.2 Å². The zero-order valence-electron chi connectivity index (χ0n) is 16.8. The molecule has 3 aromatic rings. The van der Waals surface area contributed by atoms with Crippen LogP contribution in [-0.2, 0) is 12.7 Å². The molecule has 1 amide bonds. The molecule has 9 nitrogen and oxygen atoms in total. The molecule has 1 saturated heterocycles. The molecular weight excluding hydrogens is 427 g/mol. The van der Waals surface area contributed by atoms with Gasteiger partial charge in [-0.25, -0.2) is 0 Å². The smallest absolute Gasteiger partial charge is 0.416 e. The van der Waals surface area contributed by atoms with Gasteiger partial charge in [0.15, 0.2) is 5.76 Å². The Morgan fingerprint density at radius 2 is 1.88 bits per heavy atom. The fourth-order valence-corrected chi connectivity index (χ4v) is 3.33. The molecule has 0 bridgehead atoms. The Morgan fingerprint density at radius 1 is 1.09 bits per heavy atom. The van der Waals surface area contributed by atoms with E-state index in [1.165, 1.54) is 18.4 Å². The van der Waals surface area contributed by atoms with Crippen LogP contribution in [0.25, 0.3) is 0 Å². The van der Waals surface area contributed by atoms with E-state index in [1.54, 1.807) is 17.0 Å². The summed E-state index contributed by atoms with van der Waals surface area (Å²) in [5.74, 6) is 0.521. The number of halogens is 3. The molecule has 12 heteroatoms. The molecule has 1 aliphatic heterocycles. The number of nitrogens with zero attached hydrogens (tertiary/aromatic N) is 5. The summed E-state index contributed by atoms with van der Waals surface area (Å²) in [6.07, 6.45) is -3.00. The third-order valence-corrected chi connectivity index (χ3v) is 4.90. The number of alkyl halides is 3. The van der Waals surface area contributed by atoms with Gasteiger partial charge in [0.2, 0.25) is 11.9 Å². The molecule has 32 heavy (non-hydrogen) atoms. The van der Waals surface area contributed by atoms with Gasteiger partial charge in [0, 0.05) is 31.9 Å². The molecule has 168 valence electrons. The molecule has 1 aromatic carbocycles. The lowest BCUT2D eigenvalue weighted by atomic mass is 10.2. The second-order valence-corrected chi connectivity index (χ2v) is 7.18. The highest BCUT2D eigenvalue weighted by atomic mass is 19.4. The van der Waals surface area contributed by atoms with Crippen LogP contribution in [0, 0.1) is 0 Å². The highest BCUT2D eigenvalue weighted by Crippen LogP contribution is 2.31. The molecule has 0 aliphatic carbocycles. The van der Waals surface area contributed by atoms with Crippen LogP contribution in [0.4, 0.5) is 30.8 Å². The van der Waals surface area contributed by atoms with Crippen molar-refractivity contribution in [3.05, 3.63) is 59.8 Å². The van der Waals surface area contributed by atoms with Crippen molar-refractivity contribution in [3.63, 3.8) is 0 Å². The van der Waals surface area contributed by atoms with E-state index >= 15 is 0 Å². The molecular formula is C20H20F3N7O2. The van der Waals surface area contributed by atoms with E-state index in [-0.39, 0.29) is 23.5 Å². The molecule has 1 aliphatic rings. The Balaban J connectivity index is 1.39. The standard InChI is InChI=1S/C20H20F3N7O2/c21-20(22,23)13-3-1-4-14(11-13)25-19-27-16(26-18(24)28-19)12-29-6-8-30(9-7-29)17(31)15-5-2-10-32-15/h1-5,10-11H,6-9,12H2,(H3,24,25,26,27,28). The summed E-state index contributed by atoms with van der Waals surface area (Å²) < 4.78 is 43.9. The Morgan fingerprint density at radius 3 is 2.56 bits per heavy atom. The van der Waals surface area contributed by atoms with E-state index in [0.717, 1.165) is 12.1 Å². The number of piperazine rings is 1. The van der Waals surface area contributed by atoms with Crippen molar-refractivity contribution >= 4 is 23.5 Å². The molecule has 0 saturated carbocycles. The minimum absolute atomic E-state index is 0.0453. The first-order valence-electron chi connectivity index (χ1n) is 9.78. The van der Waals surface area contributed by atoms with Crippen LogP contribution in [0.5, 0.6) is 0 Å². The Bertz CT molecular complexity index is 1080. The van der Waals surface area contributed by atoms with Crippen LogP contribution in [-0.4, -0.2) is 56.8 Å². The Labute approximate surface area is 181 Å². The summed E-state index contributed by atoms with van der Waals surface area (Å²) >= 11 is 0. The van der Waals surface area contributed by atoms with Crippen molar-refractivity contribution in [1.82, 2.24) is 24.8 Å². The maximum Gasteiger partial charge on any atom is 0.416 e. The minimum atomic E-state index is -4.46. The number of aromatic nitrogens is 3. The number of nitrogens with two attached hydrogens (primary N) is 1. The summed E-state index contributed by atoms with van der Waals surface area (Å²) in [5, 5.41) is 2.75. The fourth-order valence-electron chi connectivity index (χ4n) is 3.33. The molecule has 3 N–H and O–H groups in total. The number of nitrogens with one attached hydrogen (secondary N) is 1. The average Bonchev–Trinajstić information content (AvgIpc) is 3.28. The number of hydrogen-bond acceptors (Lipinski definition) is 8. The summed E-state index contributed by atoms with van der Waals surface area (Å²) in [5.41, 5.74) is 5.17. The molecule has 1 fully saturated rings. The van der Waals surface area contributed by atoms with Gasteiger partial charge in [-0.2, -0.15) is 28.1 Å². The zero-order valence-corrected chi connectivity index (χ0v) is 16.8. The molecule has 4 rings (SSSR count). The summed E-state index contributed by atoms with van der Waals surface area (Å²) in [6.45, 7) is 2.56. The van der Waals surface area contributed by atoms with Gasteiger partial charge in [-0.05, 0) is 30.3 Å². The minimum Gasteiger partial charge on any atom is -0.459 e. The highest BCUT2D eigenvalue weighted by Gasteiger charge is 2.30. The lowest BCUT2D eigenvalue weighted by Gasteiger charge is -2.33. The number of furan rings is 1. The number of anilines is 3. The molecule has 0 radical (unpaired) electrons. The fraction of sp³-hybridized carbons (Fsp3) is 0.300. The molecule has 0 atom stereocenters. The maximum absolute atomic E-state index is 12.9. The largest absolute Gasteiger partial charge is 0.459 e. The number of rotatable bonds is 5. The van der Waals surface area contributed by atoms with E-state index in [0.29, 0.717) is 44.3 Å². The first-order chi connectivity index (χ1) is 15.3. The van der Waals surface area contributed by atoms with Crippen molar-refractivity contribution in [2.45, 2.75) is 12.7 Å². The van der Waals surface area contributed by atoms with Gasteiger partial charge in [0.25, 0.3) is 5.91 Å². The third kappa shape index (κ3) is 5.14. The second-order valence-electron chi connectivity index (χ2n) is 7.18. The number of carbonyl (C=O) groups is 1. The predicted octanol–water partition coefficient (Wildman–Crippen LogP) is 2.77. The normalized spacial score (nSPS) is 15.0. The summed E-state index contributed by atoms with van der Waals surface area (Å²) in [6, 6.07) is 8.01. The van der Waals surface area contributed by atoms with E-state index in [9.17, 15) is 18.0 Å². The van der Waals surface area contributed by atoms with Crippen LogP contribution in [0.2, 0.25) is 0 Å². The summed E-state index contributed by atoms with van der Waals surface area (Å²) in [4.78, 5) is 28.5. The van der Waals surface area contributed by atoms with Crippen LogP contribution >= 0.6 is 0 Å². The monoisotopic (exact) mass is 447 g/mol. The van der Waals surface area contributed by atoms with Gasteiger partial charge < -0.3 is 20.4 Å². The van der Waals surface area contributed by atoms with Crippen LogP contribution in [0.1, 0.15) is 21.9 Å². The quantitative estimate of drug-likeness (QED) is 0.614. The molecule has 0 spiro atoms. The van der Waals surface area contributed by atoms with E-state index in [4.69, 9.17) is 10.2 Å². The van der Waals surface area contributed by atoms with Gasteiger partial charge >= 0.3 is 6.18 Å². The molecule has 0 unspecified atom stereocenters. The van der Waals surface area contributed by atoms with Crippen LogP contribution in [0.15, 0.2) is 47.1 Å². The average molecular weight is 447 g/mol. The number of hydrogen-bond donors (Lipinski definition) is 2. The number of amides is 1. The van der Waals surface area contributed by atoms with Crippen molar-refractivity contribution in [2.24, 2.45) is 0 Å². The van der Waals surface area contributed by atoms with Crippen molar-refractivity contribution < 1.29 is 22.4 Å². The van der Waals surface area contributed by atoms with Crippen molar-refractivity contribution in [3.8, 4) is 0 Å². The topological polar surface area (TPSA) is 113 Å². The van der Waals surface area contributed by atoms with Gasteiger partial charge in [0.05, 0.1) is 18.4 Å². The summed E-state index contributed by atoms with van der Waals surface area (Å²) in [7, 11) is 0. The zero-order chi connectivity index (χ0) is 22.7. The maximum atomic E-state index is 12.9. The van der Waals surface area contributed by atoms with E-state index < -0.39 is 11.7 Å². The lowest BCUT2D eigenvalue weighted by molar-refractivity contribution is -0.137. The molecule has 2 aromatic heterocycles. The number of carbonyl (C=O) groups excluding carboxylic acids is 1. The van der Waals surface area contributed by atoms with E-state index in [1.807, 2.05) is 0 Å². The van der Waals surface area contributed by atoms with E-state index in [2.05, 4.69) is 25.2 Å². The van der Waals surface area contributed by atoms with Crippen LogP contribution in [0.3, 0.4) is 0 Å². The van der Waals surface area contributed by atoms with Gasteiger partial charge in [0.1, 0.15) is 5.82 Å². The predicted molar refractivity (Wildman–Crippen MR) is 109 cm³/mol. The van der Waals surface area contributed by atoms with Gasteiger partial charge in [-0.1, -0.05) is 6.07 Å². The first kappa shape index (κ1) is 21.6. The Kier molecular flexibility index (Phi) is 5.95. The van der Waals surface area contributed by atoms with Gasteiger partial charge in [-0.15, -0.1) is 0 Å². The van der Waals surface area contributed by atoms with Gasteiger partial charge in [-0.3, -0.25) is 9.69 Å². The SMILES string of the molecule is Nc1nc(CN2CCN(C(=O)c3ccco3)CC2)nc(Nc2cccc(C(F)(F)F)c2)n1. The molecule has 3 heterocycles. The number of nitrogen functional groups attached to an aromatic ring is 1. The van der Waals surface area contributed by atoms with Crippen molar-refractivity contribution in [1.29, 1.82) is 0 Å². The first-order valence-corrected chi connectivity index (χ1v) is 9.78. The van der Waals surface area contributed by atoms with Crippen LogP contribution < -0.4 is 11.1 Å². The highest BCUT2D eigenvalue weighted by molar-refractivity contribution is 5.91. The third-order valence-electron chi connectivity index (χ3n) is 4.90.